The van der Waals surface area contributed by atoms with Gasteiger partial charge in [-0.2, -0.15) is 0 Å². The number of nitro groups is 1. The first-order valence-electron chi connectivity index (χ1n) is 7.16. The molecule has 0 bridgehead atoms. The molecular formula is C15H19ClN2O3. The lowest BCUT2D eigenvalue weighted by atomic mass is 10.1. The maximum atomic E-state index is 12.6. The van der Waals surface area contributed by atoms with Crippen molar-refractivity contribution in [2.24, 2.45) is 0 Å². The fraction of sp³-hybridized carbons (Fsp3) is 0.533. The van der Waals surface area contributed by atoms with E-state index >= 15 is 0 Å². The van der Waals surface area contributed by atoms with E-state index in [4.69, 9.17) is 11.6 Å². The molecule has 6 heteroatoms. The minimum atomic E-state index is -0.460. The van der Waals surface area contributed by atoms with Crippen molar-refractivity contribution in [2.75, 3.05) is 12.4 Å². The van der Waals surface area contributed by atoms with Crippen LogP contribution in [0.2, 0.25) is 0 Å². The van der Waals surface area contributed by atoms with Crippen molar-refractivity contribution >= 4 is 23.2 Å². The minimum absolute atomic E-state index is 0.0325. The third-order valence-corrected chi connectivity index (χ3v) is 4.10. The Morgan fingerprint density at radius 2 is 2.24 bits per heavy atom. The summed E-state index contributed by atoms with van der Waals surface area (Å²) in [7, 11) is 0. The number of hydrogen-bond acceptors (Lipinski definition) is 3. The van der Waals surface area contributed by atoms with Crippen molar-refractivity contribution < 1.29 is 9.72 Å². The van der Waals surface area contributed by atoms with Gasteiger partial charge in [0.1, 0.15) is 0 Å². The predicted octanol–water partition coefficient (Wildman–Crippen LogP) is 3.53. The van der Waals surface area contributed by atoms with Gasteiger partial charge in [0.25, 0.3) is 11.6 Å². The highest BCUT2D eigenvalue weighted by molar-refractivity contribution is 6.17. The van der Waals surface area contributed by atoms with Crippen LogP contribution in [0.1, 0.15) is 41.6 Å². The Hall–Kier alpha value is -1.62. The molecule has 1 aromatic rings. The lowest BCUT2D eigenvalue weighted by Crippen LogP contribution is -2.35. The average molecular weight is 311 g/mol. The summed E-state index contributed by atoms with van der Waals surface area (Å²) in [5, 5.41) is 10.9. The predicted molar refractivity (Wildman–Crippen MR) is 81.8 cm³/mol. The van der Waals surface area contributed by atoms with Gasteiger partial charge >= 0.3 is 0 Å². The largest absolute Gasteiger partial charge is 0.336 e. The van der Waals surface area contributed by atoms with Crippen LogP contribution in [0.4, 0.5) is 5.69 Å². The molecule has 0 N–H and O–H groups in total. The summed E-state index contributed by atoms with van der Waals surface area (Å²) in [5.41, 5.74) is 1.10. The van der Waals surface area contributed by atoms with Gasteiger partial charge in [0.2, 0.25) is 0 Å². The molecule has 1 atom stereocenters. The van der Waals surface area contributed by atoms with Crippen molar-refractivity contribution in [3.8, 4) is 0 Å². The molecule has 1 heterocycles. The lowest BCUT2D eigenvalue weighted by molar-refractivity contribution is -0.384. The average Bonchev–Trinajstić information content (AvgIpc) is 2.91. The van der Waals surface area contributed by atoms with Gasteiger partial charge in [-0.15, -0.1) is 11.6 Å². The van der Waals surface area contributed by atoms with Crippen LogP contribution < -0.4 is 0 Å². The van der Waals surface area contributed by atoms with Gasteiger partial charge in [-0.1, -0.05) is 0 Å². The third-order valence-electron chi connectivity index (χ3n) is 3.83. The van der Waals surface area contributed by atoms with Crippen LogP contribution in [0.15, 0.2) is 18.2 Å². The van der Waals surface area contributed by atoms with E-state index in [9.17, 15) is 14.9 Å². The second-order valence-electron chi connectivity index (χ2n) is 5.44. The summed E-state index contributed by atoms with van der Waals surface area (Å²) < 4.78 is 0. The minimum Gasteiger partial charge on any atom is -0.336 e. The molecule has 0 spiro atoms. The zero-order valence-corrected chi connectivity index (χ0v) is 12.8. The first-order valence-corrected chi connectivity index (χ1v) is 7.69. The first kappa shape index (κ1) is 15.8. The number of nitro benzene ring substituents is 1. The fourth-order valence-electron chi connectivity index (χ4n) is 2.87. The van der Waals surface area contributed by atoms with Gasteiger partial charge < -0.3 is 4.90 Å². The Balaban J connectivity index is 2.21. The van der Waals surface area contributed by atoms with Crippen molar-refractivity contribution in [2.45, 2.75) is 38.6 Å². The molecule has 21 heavy (non-hydrogen) atoms. The molecule has 0 saturated carbocycles. The molecule has 1 saturated heterocycles. The molecule has 1 aliphatic rings. The molecule has 1 unspecified atom stereocenters. The summed E-state index contributed by atoms with van der Waals surface area (Å²) in [6.45, 7) is 2.48. The van der Waals surface area contributed by atoms with Crippen LogP contribution in [0.3, 0.4) is 0 Å². The van der Waals surface area contributed by atoms with Crippen molar-refractivity contribution in [3.63, 3.8) is 0 Å². The van der Waals surface area contributed by atoms with E-state index in [0.29, 0.717) is 18.0 Å². The molecule has 0 radical (unpaired) electrons. The van der Waals surface area contributed by atoms with Crippen LogP contribution in [0.5, 0.6) is 0 Å². The Morgan fingerprint density at radius 1 is 1.48 bits per heavy atom. The summed E-state index contributed by atoms with van der Waals surface area (Å²) in [4.78, 5) is 24.9. The van der Waals surface area contributed by atoms with E-state index in [1.807, 2.05) is 4.90 Å². The van der Waals surface area contributed by atoms with Gasteiger partial charge in [-0.3, -0.25) is 14.9 Å². The Morgan fingerprint density at radius 3 is 2.90 bits per heavy atom. The maximum Gasteiger partial charge on any atom is 0.270 e. The SMILES string of the molecule is Cc1cc(C(=O)N2CCCC2CCCCl)cc([N+](=O)[O-])c1. The highest BCUT2D eigenvalue weighted by Gasteiger charge is 2.29. The van der Waals surface area contributed by atoms with E-state index in [2.05, 4.69) is 0 Å². The number of carbonyl (C=O) groups excluding carboxylic acids is 1. The Kier molecular flexibility index (Phi) is 5.17. The van der Waals surface area contributed by atoms with E-state index in [1.54, 1.807) is 13.0 Å². The molecule has 0 aromatic heterocycles. The number of rotatable bonds is 5. The highest BCUT2D eigenvalue weighted by atomic mass is 35.5. The number of amides is 1. The van der Waals surface area contributed by atoms with Crippen molar-refractivity contribution in [1.29, 1.82) is 0 Å². The van der Waals surface area contributed by atoms with Gasteiger partial charge in [0.05, 0.1) is 4.92 Å². The molecular weight excluding hydrogens is 292 g/mol. The number of aryl methyl sites for hydroxylation is 1. The number of nitrogens with zero attached hydrogens (tertiary/aromatic N) is 2. The second kappa shape index (κ2) is 6.89. The molecule has 1 aromatic carbocycles. The number of hydrogen-bond donors (Lipinski definition) is 0. The van der Waals surface area contributed by atoms with Crippen LogP contribution in [-0.2, 0) is 0 Å². The van der Waals surface area contributed by atoms with Gasteiger partial charge in [-0.05, 0) is 44.2 Å². The summed E-state index contributed by atoms with van der Waals surface area (Å²) in [5.74, 6) is 0.480. The summed E-state index contributed by atoms with van der Waals surface area (Å²) >= 11 is 5.72. The van der Waals surface area contributed by atoms with Crippen LogP contribution in [0.25, 0.3) is 0 Å². The van der Waals surface area contributed by atoms with Crippen LogP contribution >= 0.6 is 11.6 Å². The quantitative estimate of drug-likeness (QED) is 0.475. The number of halogens is 1. The van der Waals surface area contributed by atoms with Crippen molar-refractivity contribution in [1.82, 2.24) is 4.90 Å². The summed E-state index contributed by atoms with van der Waals surface area (Å²) in [6.07, 6.45) is 3.73. The Bertz CT molecular complexity index is 548. The molecule has 2 rings (SSSR count). The smallest absolute Gasteiger partial charge is 0.270 e. The number of benzene rings is 1. The van der Waals surface area contributed by atoms with Crippen LogP contribution in [-0.4, -0.2) is 34.2 Å². The molecule has 1 fully saturated rings. The Labute approximate surface area is 129 Å². The third kappa shape index (κ3) is 3.73. The second-order valence-corrected chi connectivity index (χ2v) is 5.82. The zero-order chi connectivity index (χ0) is 15.4. The number of likely N-dealkylation sites (tertiary alicyclic amines) is 1. The zero-order valence-electron chi connectivity index (χ0n) is 12.0. The molecule has 1 amide bonds. The number of carbonyl (C=O) groups is 1. The molecule has 5 nitrogen and oxygen atoms in total. The monoisotopic (exact) mass is 310 g/mol. The van der Waals surface area contributed by atoms with Gasteiger partial charge in [-0.25, -0.2) is 0 Å². The molecule has 0 aliphatic carbocycles. The topological polar surface area (TPSA) is 63.5 Å². The normalized spacial score (nSPS) is 18.0. The maximum absolute atomic E-state index is 12.6. The summed E-state index contributed by atoms with van der Waals surface area (Å²) in [6, 6.07) is 4.76. The van der Waals surface area contributed by atoms with E-state index < -0.39 is 4.92 Å². The lowest BCUT2D eigenvalue weighted by Gasteiger charge is -2.24. The standard InChI is InChI=1S/C15H19ClN2O3/c1-11-8-12(10-14(9-11)18(20)21)15(19)17-7-3-5-13(17)4-2-6-16/h8-10,13H,2-7H2,1H3. The van der Waals surface area contributed by atoms with Crippen molar-refractivity contribution in [3.05, 3.63) is 39.4 Å². The number of non-ortho nitro benzene ring substituents is 1. The number of alkyl halides is 1. The highest BCUT2D eigenvalue weighted by Crippen LogP contribution is 2.25. The first-order chi connectivity index (χ1) is 10.0. The van der Waals surface area contributed by atoms with E-state index in [0.717, 1.165) is 31.2 Å². The van der Waals surface area contributed by atoms with Gasteiger partial charge in [0, 0.05) is 36.2 Å². The van der Waals surface area contributed by atoms with Crippen LogP contribution in [0, 0.1) is 17.0 Å². The van der Waals surface area contributed by atoms with E-state index in [1.165, 1.54) is 12.1 Å². The molecule has 114 valence electrons. The van der Waals surface area contributed by atoms with E-state index in [-0.39, 0.29) is 17.6 Å². The van der Waals surface area contributed by atoms with Gasteiger partial charge in [0.15, 0.2) is 0 Å². The fourth-order valence-corrected chi connectivity index (χ4v) is 3.03. The molecule has 1 aliphatic heterocycles.